The Labute approximate surface area is 235 Å². The molecule has 1 saturated carbocycles. The van der Waals surface area contributed by atoms with Gasteiger partial charge in [0, 0.05) is 40.4 Å². The van der Waals surface area contributed by atoms with Gasteiger partial charge in [0.25, 0.3) is 0 Å². The predicted octanol–water partition coefficient (Wildman–Crippen LogP) is 6.94. The van der Waals surface area contributed by atoms with Crippen molar-refractivity contribution >= 4 is 55.5 Å². The predicted molar refractivity (Wildman–Crippen MR) is 151 cm³/mol. The summed E-state index contributed by atoms with van der Waals surface area (Å²) in [6, 6.07) is 17.4. The summed E-state index contributed by atoms with van der Waals surface area (Å²) in [7, 11) is -3.77. The van der Waals surface area contributed by atoms with E-state index in [1.165, 1.54) is 42.5 Å². The molecule has 1 aromatic heterocycles. The number of nitro benzene ring substituents is 1. The molecule has 9 nitrogen and oxygen atoms in total. The summed E-state index contributed by atoms with van der Waals surface area (Å²) in [6.45, 7) is 0. The van der Waals surface area contributed by atoms with Crippen LogP contribution >= 0.6 is 23.2 Å². The normalized spacial score (nSPS) is 17.6. The first-order valence-corrected chi connectivity index (χ1v) is 14.5. The van der Waals surface area contributed by atoms with E-state index < -0.39 is 14.9 Å². The number of anilines is 1. The van der Waals surface area contributed by atoms with Crippen LogP contribution in [0.1, 0.15) is 25.7 Å². The third-order valence-corrected chi connectivity index (χ3v) is 8.68. The lowest BCUT2D eigenvalue weighted by Crippen LogP contribution is -2.40. The molecule has 0 unspecified atom stereocenters. The summed E-state index contributed by atoms with van der Waals surface area (Å²) >= 11 is 12.2. The minimum atomic E-state index is -3.77. The van der Waals surface area contributed by atoms with Crippen LogP contribution in [0, 0.1) is 10.1 Å². The summed E-state index contributed by atoms with van der Waals surface area (Å²) in [6.07, 6.45) is 4.71. The molecule has 202 valence electrons. The van der Waals surface area contributed by atoms with E-state index in [4.69, 9.17) is 27.9 Å². The molecule has 39 heavy (non-hydrogen) atoms. The number of nitrogens with zero attached hydrogens (tertiary/aromatic N) is 2. The second-order valence-corrected chi connectivity index (χ2v) is 11.8. The molecular weight excluding hydrogens is 563 g/mol. The number of para-hydroxylation sites is 1. The highest BCUT2D eigenvalue weighted by molar-refractivity contribution is 7.89. The van der Waals surface area contributed by atoms with Gasteiger partial charge >= 0.3 is 5.69 Å². The van der Waals surface area contributed by atoms with Gasteiger partial charge in [0.2, 0.25) is 15.8 Å². The third-order valence-electron chi connectivity index (χ3n) is 6.61. The maximum Gasteiger partial charge on any atom is 0.313 e. The van der Waals surface area contributed by atoms with Crippen LogP contribution in [0.5, 0.6) is 11.5 Å². The summed E-state index contributed by atoms with van der Waals surface area (Å²) in [5, 5.41) is 16.6. The molecular formula is C27H24Cl2N4O5S. The number of hydrogen-bond acceptors (Lipinski definition) is 7. The smallest absolute Gasteiger partial charge is 0.313 e. The molecule has 0 atom stereocenters. The van der Waals surface area contributed by atoms with E-state index in [9.17, 15) is 18.5 Å². The molecule has 0 saturated heterocycles. The fourth-order valence-corrected chi connectivity index (χ4v) is 6.34. The van der Waals surface area contributed by atoms with Crippen molar-refractivity contribution in [3.63, 3.8) is 0 Å². The number of nitro groups is 1. The standard InChI is InChI=1S/C27H24Cl2N4O5S/c28-17-4-13-22-24(14-15-30-25(22)16-17)31-18-5-7-19(8-6-18)32-39(36,37)21-11-9-20(10-12-21)38-27-23(29)2-1-3-26(27)33(34)35/h1-4,9-16,18-19,32H,5-8H2,(H,30,31)/t18-,19+. The molecule has 2 N–H and O–H groups in total. The Morgan fingerprint density at radius 3 is 2.38 bits per heavy atom. The lowest BCUT2D eigenvalue weighted by Gasteiger charge is -2.30. The number of nitrogens with one attached hydrogen (secondary N) is 2. The van der Waals surface area contributed by atoms with E-state index >= 15 is 0 Å². The number of hydrogen-bond donors (Lipinski definition) is 2. The first kappa shape index (κ1) is 27.1. The van der Waals surface area contributed by atoms with Gasteiger partial charge in [-0.05, 0) is 80.3 Å². The van der Waals surface area contributed by atoms with Gasteiger partial charge in [-0.2, -0.15) is 0 Å². The molecule has 1 fully saturated rings. The van der Waals surface area contributed by atoms with Crippen LogP contribution in [0.2, 0.25) is 10.0 Å². The zero-order chi connectivity index (χ0) is 27.6. The van der Waals surface area contributed by atoms with Gasteiger partial charge in [-0.25, -0.2) is 13.1 Å². The number of pyridine rings is 1. The average molecular weight is 587 g/mol. The van der Waals surface area contributed by atoms with E-state index in [1.54, 1.807) is 6.20 Å². The van der Waals surface area contributed by atoms with Gasteiger partial charge in [-0.15, -0.1) is 0 Å². The van der Waals surface area contributed by atoms with Crippen LogP contribution in [-0.4, -0.2) is 30.4 Å². The SMILES string of the molecule is O=[N+]([O-])c1cccc(Cl)c1Oc1ccc(S(=O)(=O)N[C@H]2CC[C@@H](Nc3ccnc4cc(Cl)ccc34)CC2)cc1. The molecule has 1 aliphatic carbocycles. The molecule has 0 aliphatic heterocycles. The van der Waals surface area contributed by atoms with Crippen molar-refractivity contribution in [2.75, 3.05) is 5.32 Å². The molecule has 12 heteroatoms. The van der Waals surface area contributed by atoms with Gasteiger partial charge in [-0.3, -0.25) is 15.1 Å². The number of halogens is 2. The third kappa shape index (κ3) is 6.25. The molecule has 0 bridgehead atoms. The van der Waals surface area contributed by atoms with Crippen LogP contribution in [0.4, 0.5) is 11.4 Å². The van der Waals surface area contributed by atoms with Crippen LogP contribution in [0.15, 0.2) is 77.8 Å². The van der Waals surface area contributed by atoms with Gasteiger partial charge in [0.05, 0.1) is 20.4 Å². The fourth-order valence-electron chi connectivity index (χ4n) is 4.66. The van der Waals surface area contributed by atoms with Crippen LogP contribution in [-0.2, 0) is 10.0 Å². The molecule has 0 amide bonds. The summed E-state index contributed by atoms with van der Waals surface area (Å²) in [5.74, 6) is 0.120. The zero-order valence-corrected chi connectivity index (χ0v) is 22.8. The van der Waals surface area contributed by atoms with Crippen LogP contribution in [0.25, 0.3) is 10.9 Å². The molecule has 1 heterocycles. The largest absolute Gasteiger partial charge is 0.449 e. The number of rotatable bonds is 8. The van der Waals surface area contributed by atoms with Crippen molar-refractivity contribution in [2.45, 2.75) is 42.7 Å². The average Bonchev–Trinajstić information content (AvgIpc) is 2.91. The first-order valence-electron chi connectivity index (χ1n) is 12.2. The summed E-state index contributed by atoms with van der Waals surface area (Å²) < 4.78 is 34.4. The van der Waals surface area contributed by atoms with E-state index in [-0.39, 0.29) is 39.2 Å². The fraction of sp³-hybridized carbons (Fsp3) is 0.222. The Balaban J connectivity index is 1.19. The molecule has 0 radical (unpaired) electrons. The van der Waals surface area contributed by atoms with E-state index in [0.717, 1.165) is 29.4 Å². The molecule has 3 aromatic carbocycles. The Bertz CT molecular complexity index is 1630. The van der Waals surface area contributed by atoms with Gasteiger partial charge < -0.3 is 10.1 Å². The molecule has 5 rings (SSSR count). The highest BCUT2D eigenvalue weighted by Crippen LogP contribution is 2.38. The maximum absolute atomic E-state index is 13.0. The number of fused-ring (bicyclic) bond motifs is 1. The Morgan fingerprint density at radius 2 is 1.67 bits per heavy atom. The first-order chi connectivity index (χ1) is 18.7. The number of ether oxygens (including phenoxy) is 1. The van der Waals surface area contributed by atoms with E-state index in [2.05, 4.69) is 15.0 Å². The van der Waals surface area contributed by atoms with Crippen molar-refractivity contribution < 1.29 is 18.1 Å². The maximum atomic E-state index is 13.0. The quantitative estimate of drug-likeness (QED) is 0.169. The van der Waals surface area contributed by atoms with Crippen molar-refractivity contribution in [3.8, 4) is 11.5 Å². The van der Waals surface area contributed by atoms with Crippen molar-refractivity contribution in [1.29, 1.82) is 0 Å². The number of benzene rings is 3. The summed E-state index contributed by atoms with van der Waals surface area (Å²) in [4.78, 5) is 15.1. The van der Waals surface area contributed by atoms with E-state index in [1.807, 2.05) is 24.3 Å². The minimum Gasteiger partial charge on any atom is -0.449 e. The lowest BCUT2D eigenvalue weighted by atomic mass is 9.91. The van der Waals surface area contributed by atoms with Crippen molar-refractivity contribution in [2.24, 2.45) is 0 Å². The zero-order valence-electron chi connectivity index (χ0n) is 20.5. The summed E-state index contributed by atoms with van der Waals surface area (Å²) in [5.41, 5.74) is 1.51. The Kier molecular flexibility index (Phi) is 7.90. The Hall–Kier alpha value is -3.44. The highest BCUT2D eigenvalue weighted by Gasteiger charge is 2.26. The Morgan fingerprint density at radius 1 is 0.949 bits per heavy atom. The number of sulfonamides is 1. The topological polar surface area (TPSA) is 123 Å². The van der Waals surface area contributed by atoms with Gasteiger partial charge in [0.15, 0.2) is 0 Å². The lowest BCUT2D eigenvalue weighted by molar-refractivity contribution is -0.385. The van der Waals surface area contributed by atoms with Crippen LogP contribution < -0.4 is 14.8 Å². The molecule has 0 spiro atoms. The van der Waals surface area contributed by atoms with Crippen LogP contribution in [0.3, 0.4) is 0 Å². The van der Waals surface area contributed by atoms with Crippen molar-refractivity contribution in [3.05, 3.63) is 93.1 Å². The monoisotopic (exact) mass is 586 g/mol. The second kappa shape index (κ2) is 11.4. The van der Waals surface area contributed by atoms with E-state index in [0.29, 0.717) is 17.9 Å². The molecule has 1 aliphatic rings. The highest BCUT2D eigenvalue weighted by atomic mass is 35.5. The van der Waals surface area contributed by atoms with Gasteiger partial charge in [-0.1, -0.05) is 29.3 Å². The number of aromatic nitrogens is 1. The minimum absolute atomic E-state index is 0.0747. The van der Waals surface area contributed by atoms with Gasteiger partial charge in [0.1, 0.15) is 5.75 Å². The second-order valence-electron chi connectivity index (χ2n) is 9.25. The molecule has 4 aromatic rings. The van der Waals surface area contributed by atoms with Crippen molar-refractivity contribution in [1.82, 2.24) is 9.71 Å².